The fourth-order valence-corrected chi connectivity index (χ4v) is 1.73. The zero-order chi connectivity index (χ0) is 11.1. The monoisotopic (exact) mass is 209 g/mol. The zero-order valence-electron chi connectivity index (χ0n) is 10.00. The van der Waals surface area contributed by atoms with E-state index in [0.29, 0.717) is 6.04 Å². The van der Waals surface area contributed by atoms with E-state index in [4.69, 9.17) is 5.73 Å². The lowest BCUT2D eigenvalue weighted by atomic mass is 9.96. The van der Waals surface area contributed by atoms with E-state index in [-0.39, 0.29) is 5.54 Å². The largest absolute Gasteiger partial charge is 0.325 e. The van der Waals surface area contributed by atoms with E-state index < -0.39 is 0 Å². The minimum absolute atomic E-state index is 0.129. The Morgan fingerprint density at radius 1 is 1.27 bits per heavy atom. The van der Waals surface area contributed by atoms with Gasteiger partial charge >= 0.3 is 0 Å². The molecule has 3 heteroatoms. The number of aliphatic imine (C=N–C) groups is 2. The molecule has 0 atom stereocenters. The van der Waals surface area contributed by atoms with Crippen LogP contribution in [0.25, 0.3) is 0 Å². The molecule has 86 valence electrons. The van der Waals surface area contributed by atoms with Crippen molar-refractivity contribution in [3.8, 4) is 0 Å². The normalized spacial score (nSPS) is 18.3. The Bertz CT molecular complexity index is 228. The fourth-order valence-electron chi connectivity index (χ4n) is 1.73. The molecule has 2 N–H and O–H groups in total. The molecule has 1 saturated carbocycles. The summed E-state index contributed by atoms with van der Waals surface area (Å²) < 4.78 is 0. The van der Waals surface area contributed by atoms with Crippen LogP contribution in [-0.4, -0.2) is 24.1 Å². The standard InChI is InChI=1S/C12H23N3/c1-12(2,13)8-9-14-10-15-11-6-4-3-5-7-11/h11H,3-9,13H2,1-2H3. The van der Waals surface area contributed by atoms with Gasteiger partial charge in [0.1, 0.15) is 0 Å². The van der Waals surface area contributed by atoms with Gasteiger partial charge < -0.3 is 5.73 Å². The van der Waals surface area contributed by atoms with Crippen LogP contribution in [0.4, 0.5) is 0 Å². The molecule has 15 heavy (non-hydrogen) atoms. The Morgan fingerprint density at radius 2 is 1.93 bits per heavy atom. The minimum atomic E-state index is -0.129. The number of nitrogens with two attached hydrogens (primary N) is 1. The van der Waals surface area contributed by atoms with Gasteiger partial charge in [-0.3, -0.25) is 0 Å². The molecular weight excluding hydrogens is 186 g/mol. The summed E-state index contributed by atoms with van der Waals surface area (Å²) in [6, 6.07) is 3.30. The highest BCUT2D eigenvalue weighted by molar-refractivity contribution is 5.41. The van der Waals surface area contributed by atoms with Crippen LogP contribution in [0.3, 0.4) is 0 Å². The number of hydrogen-bond donors (Lipinski definition) is 1. The maximum absolute atomic E-state index is 5.84. The topological polar surface area (TPSA) is 50.7 Å². The Labute approximate surface area is 92.9 Å². The molecule has 0 saturated heterocycles. The van der Waals surface area contributed by atoms with Gasteiger partial charge in [-0.25, -0.2) is 9.98 Å². The first-order valence-electron chi connectivity index (χ1n) is 5.98. The molecule has 1 fully saturated rings. The molecular formula is C12H23N3. The van der Waals surface area contributed by atoms with Crippen LogP contribution in [-0.2, 0) is 0 Å². The number of hydrogen-bond acceptors (Lipinski definition) is 3. The van der Waals surface area contributed by atoms with Crippen molar-refractivity contribution < 1.29 is 0 Å². The quantitative estimate of drug-likeness (QED) is 0.711. The molecule has 0 aliphatic heterocycles. The van der Waals surface area contributed by atoms with Gasteiger partial charge in [0.25, 0.3) is 0 Å². The summed E-state index contributed by atoms with van der Waals surface area (Å²) in [5.41, 5.74) is 5.71. The van der Waals surface area contributed by atoms with Crippen LogP contribution in [0.1, 0.15) is 52.4 Å². The third-order valence-electron chi connectivity index (χ3n) is 2.75. The average Bonchev–Trinajstić information content (AvgIpc) is 2.17. The second-order valence-corrected chi connectivity index (χ2v) is 5.14. The molecule has 0 amide bonds. The predicted molar refractivity (Wildman–Crippen MR) is 64.5 cm³/mol. The van der Waals surface area contributed by atoms with Gasteiger partial charge in [0.15, 0.2) is 0 Å². The van der Waals surface area contributed by atoms with E-state index in [0.717, 1.165) is 13.0 Å². The first-order chi connectivity index (χ1) is 7.08. The summed E-state index contributed by atoms with van der Waals surface area (Å²) in [4.78, 5) is 8.50. The molecule has 0 heterocycles. The first-order valence-corrected chi connectivity index (χ1v) is 5.98. The molecule has 3 nitrogen and oxygen atoms in total. The van der Waals surface area contributed by atoms with Crippen molar-refractivity contribution in [2.24, 2.45) is 15.7 Å². The van der Waals surface area contributed by atoms with Crippen LogP contribution in [0.15, 0.2) is 9.98 Å². The molecule has 1 rings (SSSR count). The summed E-state index contributed by atoms with van der Waals surface area (Å²) in [7, 11) is 0. The zero-order valence-corrected chi connectivity index (χ0v) is 10.00. The molecule has 0 aromatic heterocycles. The Balaban J connectivity index is 2.21. The van der Waals surface area contributed by atoms with Crippen molar-refractivity contribution in [3.05, 3.63) is 0 Å². The van der Waals surface area contributed by atoms with Crippen molar-refractivity contribution in [3.63, 3.8) is 0 Å². The van der Waals surface area contributed by atoms with E-state index in [1.165, 1.54) is 32.1 Å². The molecule has 0 aromatic carbocycles. The van der Waals surface area contributed by atoms with Crippen LogP contribution < -0.4 is 5.73 Å². The average molecular weight is 209 g/mol. The lowest BCUT2D eigenvalue weighted by Gasteiger charge is -2.16. The van der Waals surface area contributed by atoms with Gasteiger partial charge in [-0.05, 0) is 33.1 Å². The highest BCUT2D eigenvalue weighted by Crippen LogP contribution is 2.19. The lowest BCUT2D eigenvalue weighted by Crippen LogP contribution is -2.32. The highest BCUT2D eigenvalue weighted by Gasteiger charge is 2.11. The van der Waals surface area contributed by atoms with Gasteiger partial charge in [0, 0.05) is 5.54 Å². The van der Waals surface area contributed by atoms with Crippen molar-refractivity contribution in [2.45, 2.75) is 64.0 Å². The van der Waals surface area contributed by atoms with E-state index in [1.807, 2.05) is 13.8 Å². The maximum atomic E-state index is 5.84. The molecule has 0 spiro atoms. The smallest absolute Gasteiger partial charge is 0.0895 e. The minimum Gasteiger partial charge on any atom is -0.325 e. The summed E-state index contributed by atoms with van der Waals surface area (Å²) in [6.07, 6.45) is 7.30. The highest BCUT2D eigenvalue weighted by atomic mass is 14.8. The van der Waals surface area contributed by atoms with Gasteiger partial charge in [-0.2, -0.15) is 0 Å². The summed E-state index contributed by atoms with van der Waals surface area (Å²) in [5.74, 6) is 0. The lowest BCUT2D eigenvalue weighted by molar-refractivity contribution is 0.444. The molecule has 1 aliphatic carbocycles. The molecule has 0 bridgehead atoms. The molecule has 0 radical (unpaired) electrons. The van der Waals surface area contributed by atoms with Crippen LogP contribution in [0, 0.1) is 0 Å². The van der Waals surface area contributed by atoms with Crippen molar-refractivity contribution in [1.29, 1.82) is 0 Å². The Kier molecular flexibility index (Phi) is 5.00. The van der Waals surface area contributed by atoms with E-state index >= 15 is 0 Å². The van der Waals surface area contributed by atoms with Gasteiger partial charge in [0.2, 0.25) is 0 Å². The van der Waals surface area contributed by atoms with Crippen molar-refractivity contribution in [1.82, 2.24) is 0 Å². The third kappa shape index (κ3) is 6.43. The van der Waals surface area contributed by atoms with Gasteiger partial charge in [0.05, 0.1) is 18.6 Å². The molecule has 1 aliphatic rings. The van der Waals surface area contributed by atoms with Crippen LogP contribution in [0.2, 0.25) is 0 Å². The van der Waals surface area contributed by atoms with Crippen molar-refractivity contribution in [2.75, 3.05) is 6.54 Å². The van der Waals surface area contributed by atoms with E-state index in [2.05, 4.69) is 16.0 Å². The number of nitrogens with zero attached hydrogens (tertiary/aromatic N) is 2. The second kappa shape index (κ2) is 6.04. The second-order valence-electron chi connectivity index (χ2n) is 5.14. The Hall–Kier alpha value is -0.660. The fraction of sp³-hybridized carbons (Fsp3) is 0.917. The summed E-state index contributed by atoms with van der Waals surface area (Å²) in [6.45, 7) is 4.77. The van der Waals surface area contributed by atoms with E-state index in [9.17, 15) is 0 Å². The Morgan fingerprint density at radius 3 is 2.53 bits per heavy atom. The molecule has 0 aromatic rings. The van der Waals surface area contributed by atoms with Gasteiger partial charge in [-0.1, -0.05) is 19.3 Å². The molecule has 0 unspecified atom stereocenters. The van der Waals surface area contributed by atoms with Crippen molar-refractivity contribution >= 4 is 6.01 Å². The SMILES string of the molecule is CC(C)(N)CCN=C=NC1CCCCC1. The maximum Gasteiger partial charge on any atom is 0.0895 e. The van der Waals surface area contributed by atoms with Crippen LogP contribution in [0.5, 0.6) is 0 Å². The summed E-state index contributed by atoms with van der Waals surface area (Å²) >= 11 is 0. The predicted octanol–water partition coefficient (Wildman–Crippen LogP) is 2.62. The summed E-state index contributed by atoms with van der Waals surface area (Å²) in [5, 5.41) is 0. The van der Waals surface area contributed by atoms with Gasteiger partial charge in [-0.15, -0.1) is 0 Å². The van der Waals surface area contributed by atoms with E-state index in [1.54, 1.807) is 0 Å². The van der Waals surface area contributed by atoms with Crippen LogP contribution >= 0.6 is 0 Å². The number of rotatable bonds is 4. The first kappa shape index (κ1) is 12.4. The third-order valence-corrected chi connectivity index (χ3v) is 2.75.